The molecule has 1 aromatic carbocycles. The molecule has 7 heteroatoms. The Kier molecular flexibility index (Phi) is 2.96. The van der Waals surface area contributed by atoms with E-state index in [1.165, 1.54) is 12.1 Å². The lowest BCUT2D eigenvalue weighted by molar-refractivity contribution is 0.0686. The molecule has 0 spiro atoms. The Morgan fingerprint density at radius 3 is 2.78 bits per heavy atom. The van der Waals surface area contributed by atoms with Crippen molar-refractivity contribution in [3.05, 3.63) is 42.0 Å². The first kappa shape index (κ1) is 11.6. The van der Waals surface area contributed by atoms with Crippen LogP contribution in [-0.2, 0) is 0 Å². The van der Waals surface area contributed by atoms with Crippen LogP contribution in [0.25, 0.3) is 0 Å². The van der Waals surface area contributed by atoms with Gasteiger partial charge in [0, 0.05) is 11.8 Å². The summed E-state index contributed by atoms with van der Waals surface area (Å²) in [5.74, 6) is -1.94. The molecule has 0 aliphatic rings. The van der Waals surface area contributed by atoms with Crippen molar-refractivity contribution in [2.75, 3.05) is 5.32 Å². The SMILES string of the molecule is O=C(Nc1cccc(O)c1)c1nc[nH]c1C(=O)O. The Bertz CT molecular complexity index is 606. The largest absolute Gasteiger partial charge is 0.508 e. The lowest BCUT2D eigenvalue weighted by Gasteiger charge is -2.04. The number of phenolic OH excluding ortho intramolecular Hbond substituents is 1. The molecule has 7 nitrogen and oxygen atoms in total. The number of nitrogens with zero attached hydrogens (tertiary/aromatic N) is 1. The maximum absolute atomic E-state index is 11.8. The second kappa shape index (κ2) is 4.58. The number of anilines is 1. The Morgan fingerprint density at radius 1 is 1.33 bits per heavy atom. The fourth-order valence-corrected chi connectivity index (χ4v) is 1.40. The number of imidazole rings is 1. The van der Waals surface area contributed by atoms with Crippen LogP contribution in [0, 0.1) is 0 Å². The number of carbonyl (C=O) groups is 2. The summed E-state index contributed by atoms with van der Waals surface area (Å²) in [5.41, 5.74) is -0.155. The summed E-state index contributed by atoms with van der Waals surface area (Å²) in [5, 5.41) is 20.5. The molecule has 0 saturated heterocycles. The number of aromatic amines is 1. The Morgan fingerprint density at radius 2 is 2.11 bits per heavy atom. The van der Waals surface area contributed by atoms with E-state index in [-0.39, 0.29) is 17.1 Å². The van der Waals surface area contributed by atoms with Gasteiger partial charge in [0.15, 0.2) is 11.4 Å². The summed E-state index contributed by atoms with van der Waals surface area (Å²) in [6.45, 7) is 0. The molecular formula is C11H9N3O4. The van der Waals surface area contributed by atoms with Crippen molar-refractivity contribution in [1.82, 2.24) is 9.97 Å². The number of hydrogen-bond donors (Lipinski definition) is 4. The van der Waals surface area contributed by atoms with Gasteiger partial charge in [-0.3, -0.25) is 4.79 Å². The lowest BCUT2D eigenvalue weighted by atomic mass is 10.2. The van der Waals surface area contributed by atoms with Crippen LogP contribution in [0.4, 0.5) is 5.69 Å². The van der Waals surface area contributed by atoms with Gasteiger partial charge in [0.1, 0.15) is 5.75 Å². The van der Waals surface area contributed by atoms with Crippen molar-refractivity contribution < 1.29 is 19.8 Å². The third-order valence-corrected chi connectivity index (χ3v) is 2.17. The van der Waals surface area contributed by atoms with Gasteiger partial charge in [-0.25, -0.2) is 9.78 Å². The summed E-state index contributed by atoms with van der Waals surface area (Å²) >= 11 is 0. The van der Waals surface area contributed by atoms with Crippen LogP contribution in [0.1, 0.15) is 21.0 Å². The molecule has 0 aliphatic heterocycles. The molecule has 92 valence electrons. The molecule has 2 rings (SSSR count). The molecule has 0 atom stereocenters. The van der Waals surface area contributed by atoms with Crippen LogP contribution >= 0.6 is 0 Å². The van der Waals surface area contributed by atoms with Crippen LogP contribution in [0.15, 0.2) is 30.6 Å². The number of amides is 1. The number of phenols is 1. The number of aromatic carboxylic acids is 1. The normalized spacial score (nSPS) is 10.0. The minimum absolute atomic E-state index is 0.00622. The second-order valence-electron chi connectivity index (χ2n) is 3.44. The van der Waals surface area contributed by atoms with E-state index in [4.69, 9.17) is 5.11 Å². The highest BCUT2D eigenvalue weighted by Gasteiger charge is 2.19. The number of benzene rings is 1. The van der Waals surface area contributed by atoms with E-state index < -0.39 is 11.9 Å². The molecule has 0 aliphatic carbocycles. The van der Waals surface area contributed by atoms with Crippen molar-refractivity contribution in [3.63, 3.8) is 0 Å². The molecule has 0 bridgehead atoms. The van der Waals surface area contributed by atoms with E-state index in [1.807, 2.05) is 0 Å². The lowest BCUT2D eigenvalue weighted by Crippen LogP contribution is -2.16. The van der Waals surface area contributed by atoms with E-state index in [2.05, 4.69) is 15.3 Å². The minimum atomic E-state index is -1.27. The fourth-order valence-electron chi connectivity index (χ4n) is 1.40. The van der Waals surface area contributed by atoms with E-state index in [0.717, 1.165) is 6.33 Å². The topological polar surface area (TPSA) is 115 Å². The predicted octanol–water partition coefficient (Wildman–Crippen LogP) is 1.07. The predicted molar refractivity (Wildman–Crippen MR) is 61.6 cm³/mol. The van der Waals surface area contributed by atoms with Crippen LogP contribution in [0.3, 0.4) is 0 Å². The highest BCUT2D eigenvalue weighted by Crippen LogP contribution is 2.16. The molecule has 0 fully saturated rings. The van der Waals surface area contributed by atoms with Crippen molar-refractivity contribution in [2.24, 2.45) is 0 Å². The van der Waals surface area contributed by atoms with Crippen LogP contribution in [0.5, 0.6) is 5.75 Å². The molecule has 0 saturated carbocycles. The summed E-state index contributed by atoms with van der Waals surface area (Å²) < 4.78 is 0. The molecule has 1 heterocycles. The smallest absolute Gasteiger partial charge is 0.354 e. The second-order valence-corrected chi connectivity index (χ2v) is 3.44. The zero-order valence-electron chi connectivity index (χ0n) is 9.04. The molecule has 4 N–H and O–H groups in total. The van der Waals surface area contributed by atoms with Gasteiger partial charge in [-0.2, -0.15) is 0 Å². The van der Waals surface area contributed by atoms with Crippen LogP contribution < -0.4 is 5.32 Å². The molecule has 1 amide bonds. The van der Waals surface area contributed by atoms with Crippen molar-refractivity contribution in [2.45, 2.75) is 0 Å². The maximum Gasteiger partial charge on any atom is 0.354 e. The van der Waals surface area contributed by atoms with Crippen LogP contribution in [-0.4, -0.2) is 32.1 Å². The number of carbonyl (C=O) groups excluding carboxylic acids is 1. The summed E-state index contributed by atoms with van der Waals surface area (Å²) in [6.07, 6.45) is 1.13. The first-order chi connectivity index (χ1) is 8.58. The average molecular weight is 247 g/mol. The summed E-state index contributed by atoms with van der Waals surface area (Å²) in [6, 6.07) is 5.90. The number of aromatic nitrogens is 2. The van der Waals surface area contributed by atoms with Gasteiger partial charge >= 0.3 is 5.97 Å². The van der Waals surface area contributed by atoms with E-state index >= 15 is 0 Å². The van der Waals surface area contributed by atoms with E-state index in [0.29, 0.717) is 5.69 Å². The Balaban J connectivity index is 2.22. The van der Waals surface area contributed by atoms with E-state index in [9.17, 15) is 14.7 Å². The number of carboxylic acid groups (broad SMARTS) is 1. The van der Waals surface area contributed by atoms with Crippen LogP contribution in [0.2, 0.25) is 0 Å². The third kappa shape index (κ3) is 2.29. The number of aromatic hydroxyl groups is 1. The highest BCUT2D eigenvalue weighted by molar-refractivity contribution is 6.08. The maximum atomic E-state index is 11.8. The number of nitrogens with one attached hydrogen (secondary N) is 2. The van der Waals surface area contributed by atoms with E-state index in [1.54, 1.807) is 12.1 Å². The zero-order valence-corrected chi connectivity index (χ0v) is 9.04. The molecule has 2 aromatic rings. The highest BCUT2D eigenvalue weighted by atomic mass is 16.4. The molecular weight excluding hydrogens is 238 g/mol. The minimum Gasteiger partial charge on any atom is -0.508 e. The fraction of sp³-hybridized carbons (Fsp3) is 0. The summed E-state index contributed by atoms with van der Waals surface area (Å²) in [7, 11) is 0. The standard InChI is InChI=1S/C11H9N3O4/c15-7-3-1-2-6(4-7)14-10(16)8-9(11(17)18)13-5-12-8/h1-5,15H,(H,12,13)(H,14,16)(H,17,18). The van der Waals surface area contributed by atoms with Gasteiger partial charge in [-0.15, -0.1) is 0 Å². The molecule has 0 radical (unpaired) electrons. The Labute approximate surface area is 101 Å². The number of rotatable bonds is 3. The van der Waals surface area contributed by atoms with Gasteiger partial charge in [0.2, 0.25) is 0 Å². The molecule has 1 aromatic heterocycles. The number of H-pyrrole nitrogens is 1. The monoisotopic (exact) mass is 247 g/mol. The van der Waals surface area contributed by atoms with Gasteiger partial charge < -0.3 is 20.5 Å². The molecule has 18 heavy (non-hydrogen) atoms. The van der Waals surface area contributed by atoms with Crippen molar-refractivity contribution in [3.8, 4) is 5.75 Å². The Hall–Kier alpha value is -2.83. The third-order valence-electron chi connectivity index (χ3n) is 2.17. The average Bonchev–Trinajstić information content (AvgIpc) is 2.77. The first-order valence-electron chi connectivity index (χ1n) is 4.95. The summed E-state index contributed by atoms with van der Waals surface area (Å²) in [4.78, 5) is 28.6. The van der Waals surface area contributed by atoms with Gasteiger partial charge in [0.05, 0.1) is 6.33 Å². The quantitative estimate of drug-likeness (QED) is 0.647. The zero-order chi connectivity index (χ0) is 13.1. The van der Waals surface area contributed by atoms with Crippen molar-refractivity contribution >= 4 is 17.6 Å². The van der Waals surface area contributed by atoms with Gasteiger partial charge in [-0.05, 0) is 12.1 Å². The first-order valence-corrected chi connectivity index (χ1v) is 4.95. The van der Waals surface area contributed by atoms with Gasteiger partial charge in [-0.1, -0.05) is 6.07 Å². The van der Waals surface area contributed by atoms with Gasteiger partial charge in [0.25, 0.3) is 5.91 Å². The molecule has 0 unspecified atom stereocenters. The number of hydrogen-bond acceptors (Lipinski definition) is 4. The van der Waals surface area contributed by atoms with Crippen molar-refractivity contribution in [1.29, 1.82) is 0 Å². The number of carboxylic acids is 1.